The van der Waals surface area contributed by atoms with Crippen molar-refractivity contribution in [3.63, 3.8) is 0 Å². The third kappa shape index (κ3) is 5.72. The molecule has 1 aromatic rings. The molecule has 0 bridgehead atoms. The van der Waals surface area contributed by atoms with E-state index in [1.54, 1.807) is 7.11 Å². The molecule has 0 aromatic heterocycles. The fourth-order valence-electron chi connectivity index (χ4n) is 1.89. The van der Waals surface area contributed by atoms with Crippen molar-refractivity contribution in [2.24, 2.45) is 0 Å². The van der Waals surface area contributed by atoms with Crippen LogP contribution in [0, 0.1) is 0 Å². The Labute approximate surface area is 119 Å². The normalized spacial score (nSPS) is 14.1. The van der Waals surface area contributed by atoms with Crippen molar-refractivity contribution in [1.82, 2.24) is 0 Å². The SMILES string of the molecule is C=Cc1cccc(CCO[Si]C(CC)C(C)OC)c1. The number of rotatable bonds is 9. The summed E-state index contributed by atoms with van der Waals surface area (Å²) in [5.41, 5.74) is 2.97. The van der Waals surface area contributed by atoms with Gasteiger partial charge in [0.05, 0.1) is 6.10 Å². The van der Waals surface area contributed by atoms with Gasteiger partial charge in [-0.1, -0.05) is 50.3 Å². The van der Waals surface area contributed by atoms with E-state index >= 15 is 0 Å². The summed E-state index contributed by atoms with van der Waals surface area (Å²) in [6.07, 6.45) is 4.19. The Hall–Kier alpha value is -0.903. The van der Waals surface area contributed by atoms with Crippen LogP contribution in [0.15, 0.2) is 30.8 Å². The zero-order chi connectivity index (χ0) is 14.1. The van der Waals surface area contributed by atoms with Gasteiger partial charge in [0.25, 0.3) is 0 Å². The minimum absolute atomic E-state index is 0.271. The Morgan fingerprint density at radius 1 is 1.42 bits per heavy atom. The van der Waals surface area contributed by atoms with Crippen molar-refractivity contribution in [3.05, 3.63) is 42.0 Å². The molecule has 1 rings (SSSR count). The Morgan fingerprint density at radius 2 is 2.21 bits per heavy atom. The summed E-state index contributed by atoms with van der Waals surface area (Å²) in [5, 5.41) is 0. The molecule has 0 saturated heterocycles. The molecule has 1 aromatic carbocycles. The van der Waals surface area contributed by atoms with E-state index in [1.807, 2.05) is 6.08 Å². The predicted molar refractivity (Wildman–Crippen MR) is 82.5 cm³/mol. The average molecular weight is 276 g/mol. The van der Waals surface area contributed by atoms with Crippen LogP contribution < -0.4 is 0 Å². The van der Waals surface area contributed by atoms with Gasteiger partial charge < -0.3 is 9.16 Å². The van der Waals surface area contributed by atoms with Crippen LogP contribution in [0.2, 0.25) is 5.54 Å². The lowest BCUT2D eigenvalue weighted by atomic mass is 10.1. The van der Waals surface area contributed by atoms with E-state index in [9.17, 15) is 0 Å². The highest BCUT2D eigenvalue weighted by Gasteiger charge is 2.16. The summed E-state index contributed by atoms with van der Waals surface area (Å²) >= 11 is 0. The van der Waals surface area contributed by atoms with Gasteiger partial charge in [-0.25, -0.2) is 0 Å². The van der Waals surface area contributed by atoms with E-state index in [0.29, 0.717) is 15.3 Å². The van der Waals surface area contributed by atoms with Crippen LogP contribution in [0.1, 0.15) is 31.4 Å². The van der Waals surface area contributed by atoms with Crippen LogP contribution in [-0.2, 0) is 15.6 Å². The molecule has 0 spiro atoms. The molecule has 0 heterocycles. The first kappa shape index (κ1) is 16.2. The molecule has 0 N–H and O–H groups in total. The third-order valence-corrected chi connectivity index (χ3v) is 4.84. The third-order valence-electron chi connectivity index (χ3n) is 3.29. The molecular formula is C16H24O2Si. The summed E-state index contributed by atoms with van der Waals surface area (Å²) in [6.45, 7) is 8.85. The number of ether oxygens (including phenoxy) is 1. The van der Waals surface area contributed by atoms with Crippen molar-refractivity contribution < 1.29 is 9.16 Å². The standard InChI is InChI=1S/C16H24O2Si/c1-5-14-8-7-9-15(12-14)10-11-18-19-16(6-2)13(3)17-4/h5,7-9,12-13,16H,1,6,10-11H2,2-4H3. The molecule has 2 atom stereocenters. The average Bonchev–Trinajstić information content (AvgIpc) is 2.47. The predicted octanol–water partition coefficient (Wildman–Crippen LogP) is 3.74. The molecule has 2 radical (unpaired) electrons. The Kier molecular flexibility index (Phi) is 7.71. The van der Waals surface area contributed by atoms with Gasteiger partial charge in [-0.05, 0) is 24.5 Å². The molecule has 0 amide bonds. The summed E-state index contributed by atoms with van der Waals surface area (Å²) in [7, 11) is 2.28. The molecule has 19 heavy (non-hydrogen) atoms. The van der Waals surface area contributed by atoms with Gasteiger partial charge in [0.1, 0.15) is 0 Å². The number of methoxy groups -OCH3 is 1. The topological polar surface area (TPSA) is 18.5 Å². The summed E-state index contributed by atoms with van der Waals surface area (Å²) in [6, 6.07) is 8.42. The first-order valence-electron chi connectivity index (χ1n) is 6.82. The van der Waals surface area contributed by atoms with Crippen molar-refractivity contribution in [1.29, 1.82) is 0 Å². The molecule has 0 aliphatic carbocycles. The fraction of sp³-hybridized carbons (Fsp3) is 0.500. The molecule has 104 valence electrons. The molecule has 0 aliphatic heterocycles. The lowest BCUT2D eigenvalue weighted by Crippen LogP contribution is -2.21. The van der Waals surface area contributed by atoms with Crippen LogP contribution in [-0.4, -0.2) is 29.6 Å². The second-order valence-corrected chi connectivity index (χ2v) is 5.89. The van der Waals surface area contributed by atoms with Gasteiger partial charge in [-0.2, -0.15) is 0 Å². The van der Waals surface area contributed by atoms with Gasteiger partial charge in [-0.15, -0.1) is 0 Å². The second-order valence-electron chi connectivity index (χ2n) is 4.62. The first-order chi connectivity index (χ1) is 9.21. The highest BCUT2D eigenvalue weighted by molar-refractivity contribution is 6.29. The molecule has 2 unspecified atom stereocenters. The lowest BCUT2D eigenvalue weighted by Gasteiger charge is -2.19. The van der Waals surface area contributed by atoms with Gasteiger partial charge in [0.15, 0.2) is 0 Å². The minimum Gasteiger partial charge on any atom is -0.417 e. The Balaban J connectivity index is 2.31. The maximum Gasteiger partial charge on any atom is 0.235 e. The summed E-state index contributed by atoms with van der Waals surface area (Å²) in [5.74, 6) is 0. The van der Waals surface area contributed by atoms with E-state index < -0.39 is 0 Å². The van der Waals surface area contributed by atoms with Crippen LogP contribution in [0.5, 0.6) is 0 Å². The van der Waals surface area contributed by atoms with Crippen LogP contribution in [0.25, 0.3) is 6.08 Å². The van der Waals surface area contributed by atoms with E-state index in [2.05, 4.69) is 44.7 Å². The number of benzene rings is 1. The molecule has 0 saturated carbocycles. The first-order valence-corrected chi connectivity index (χ1v) is 7.81. The van der Waals surface area contributed by atoms with Gasteiger partial charge in [-0.3, -0.25) is 0 Å². The van der Waals surface area contributed by atoms with Crippen molar-refractivity contribution in [3.8, 4) is 0 Å². The van der Waals surface area contributed by atoms with Gasteiger partial charge >= 0.3 is 0 Å². The largest absolute Gasteiger partial charge is 0.417 e. The van der Waals surface area contributed by atoms with Crippen LogP contribution in [0.4, 0.5) is 0 Å². The fourth-order valence-corrected chi connectivity index (χ4v) is 2.81. The zero-order valence-corrected chi connectivity index (χ0v) is 13.2. The molecule has 2 nitrogen and oxygen atoms in total. The Morgan fingerprint density at radius 3 is 2.84 bits per heavy atom. The zero-order valence-electron chi connectivity index (χ0n) is 12.2. The summed E-state index contributed by atoms with van der Waals surface area (Å²) in [4.78, 5) is 0. The van der Waals surface area contributed by atoms with Crippen molar-refractivity contribution in [2.45, 2.75) is 38.3 Å². The van der Waals surface area contributed by atoms with Gasteiger partial charge in [0, 0.05) is 19.3 Å². The van der Waals surface area contributed by atoms with E-state index in [1.165, 1.54) is 11.1 Å². The summed E-state index contributed by atoms with van der Waals surface area (Å²) < 4.78 is 11.2. The Bertz CT molecular complexity index is 379. The maximum atomic E-state index is 5.81. The van der Waals surface area contributed by atoms with Gasteiger partial charge in [0.2, 0.25) is 9.76 Å². The van der Waals surface area contributed by atoms with E-state index in [-0.39, 0.29) is 6.10 Å². The van der Waals surface area contributed by atoms with Crippen LogP contribution >= 0.6 is 0 Å². The monoisotopic (exact) mass is 276 g/mol. The molecule has 0 aliphatic rings. The highest BCUT2D eigenvalue weighted by atomic mass is 28.2. The van der Waals surface area contributed by atoms with E-state index in [4.69, 9.17) is 9.16 Å². The number of hydrogen-bond acceptors (Lipinski definition) is 2. The lowest BCUT2D eigenvalue weighted by molar-refractivity contribution is 0.105. The molecule has 3 heteroatoms. The number of hydrogen-bond donors (Lipinski definition) is 0. The van der Waals surface area contributed by atoms with Crippen molar-refractivity contribution >= 4 is 15.8 Å². The minimum atomic E-state index is 0.271. The van der Waals surface area contributed by atoms with E-state index in [0.717, 1.165) is 19.4 Å². The maximum absolute atomic E-state index is 5.81. The molecular weight excluding hydrogens is 252 g/mol. The second kappa shape index (κ2) is 9.07. The molecule has 0 fully saturated rings. The van der Waals surface area contributed by atoms with Crippen LogP contribution in [0.3, 0.4) is 0 Å². The smallest absolute Gasteiger partial charge is 0.235 e. The van der Waals surface area contributed by atoms with Crippen molar-refractivity contribution in [2.75, 3.05) is 13.7 Å². The quantitative estimate of drug-likeness (QED) is 0.505. The highest BCUT2D eigenvalue weighted by Crippen LogP contribution is 2.17.